The van der Waals surface area contributed by atoms with Crippen LogP contribution in [0.25, 0.3) is 0 Å². The molecule has 1 fully saturated rings. The lowest BCUT2D eigenvalue weighted by Gasteiger charge is -2.33. The number of esters is 1. The molecule has 0 bridgehead atoms. The van der Waals surface area contributed by atoms with Crippen LogP contribution < -0.4 is 5.32 Å². The monoisotopic (exact) mass is 437 g/mol. The summed E-state index contributed by atoms with van der Waals surface area (Å²) in [6.07, 6.45) is 1.69. The van der Waals surface area contributed by atoms with E-state index in [0.717, 1.165) is 11.1 Å². The zero-order valence-corrected chi connectivity index (χ0v) is 19.9. The number of nitrogens with one attached hydrogen (secondary N) is 1. The molecule has 1 aliphatic heterocycles. The molecule has 1 unspecified atom stereocenters. The molecule has 1 aromatic carbocycles. The minimum atomic E-state index is -0.853. The van der Waals surface area contributed by atoms with Crippen molar-refractivity contribution in [2.75, 3.05) is 47.3 Å². The van der Waals surface area contributed by atoms with E-state index in [1.807, 2.05) is 38.1 Å². The van der Waals surface area contributed by atoms with Gasteiger partial charge in [-0.3, -0.25) is 9.59 Å². The molecule has 1 heterocycles. The molecule has 31 heavy (non-hydrogen) atoms. The molecule has 1 aromatic rings. The number of rotatable bonds is 11. The number of methoxy groups -OCH3 is 2. The van der Waals surface area contributed by atoms with Gasteiger partial charge in [0.25, 0.3) is 0 Å². The molecule has 0 spiro atoms. The van der Waals surface area contributed by atoms with Crippen molar-refractivity contribution in [1.82, 2.24) is 5.32 Å². The van der Waals surface area contributed by atoms with Crippen LogP contribution in [-0.2, 0) is 39.5 Å². The van der Waals surface area contributed by atoms with Crippen LogP contribution in [0.5, 0.6) is 0 Å². The number of ether oxygens (including phenoxy) is 4. The topological polar surface area (TPSA) is 83.1 Å². The van der Waals surface area contributed by atoms with Crippen molar-refractivity contribution in [1.29, 1.82) is 0 Å². The van der Waals surface area contributed by atoms with Crippen molar-refractivity contribution in [3.63, 3.8) is 0 Å². The summed E-state index contributed by atoms with van der Waals surface area (Å²) in [7, 11) is 3.24. The molecule has 1 saturated heterocycles. The minimum absolute atomic E-state index is 0.0966. The van der Waals surface area contributed by atoms with Crippen molar-refractivity contribution >= 4 is 11.9 Å². The maximum atomic E-state index is 13.0. The van der Waals surface area contributed by atoms with Gasteiger partial charge in [0.2, 0.25) is 5.91 Å². The summed E-state index contributed by atoms with van der Waals surface area (Å²) in [6.45, 7) is 9.49. The van der Waals surface area contributed by atoms with Gasteiger partial charge in [-0.15, -0.1) is 0 Å². The second kappa shape index (κ2) is 13.5. The number of hydrogen-bond donors (Lipinski definition) is 1. The Kier molecular flexibility index (Phi) is 11.7. The third-order valence-corrected chi connectivity index (χ3v) is 5.56. The number of carbonyl (C=O) groups is 2. The van der Waals surface area contributed by atoms with E-state index in [-0.39, 0.29) is 11.9 Å². The Morgan fingerprint density at radius 3 is 2.10 bits per heavy atom. The Bertz CT molecular complexity index is 659. The average molecular weight is 438 g/mol. The highest BCUT2D eigenvalue weighted by molar-refractivity contribution is 5.83. The van der Waals surface area contributed by atoms with Crippen LogP contribution in [0, 0.1) is 0 Å². The van der Waals surface area contributed by atoms with E-state index < -0.39 is 11.0 Å². The quantitative estimate of drug-likeness (QED) is 0.535. The predicted octanol–water partition coefficient (Wildman–Crippen LogP) is 3.34. The number of carbonyl (C=O) groups excluding carboxylic acids is 2. The fourth-order valence-electron chi connectivity index (χ4n) is 3.97. The zero-order valence-electron chi connectivity index (χ0n) is 19.9. The molecule has 1 aliphatic rings. The molecular formula is C24H39NO6. The molecule has 176 valence electrons. The van der Waals surface area contributed by atoms with Crippen molar-refractivity contribution in [2.24, 2.45) is 0 Å². The molecule has 0 aliphatic carbocycles. The Labute approximate surface area is 186 Å². The first kappa shape index (κ1) is 27.1. The summed E-state index contributed by atoms with van der Waals surface area (Å²) in [4.78, 5) is 24.8. The molecular weight excluding hydrogens is 398 g/mol. The van der Waals surface area contributed by atoms with Crippen molar-refractivity contribution < 1.29 is 28.5 Å². The first-order chi connectivity index (χ1) is 14.9. The van der Waals surface area contributed by atoms with E-state index in [2.05, 4.69) is 5.32 Å². The third kappa shape index (κ3) is 6.76. The van der Waals surface area contributed by atoms with Crippen LogP contribution in [0.4, 0.5) is 0 Å². The molecule has 7 nitrogen and oxygen atoms in total. The Balaban J connectivity index is 0.00000233. The van der Waals surface area contributed by atoms with Gasteiger partial charge in [-0.25, -0.2) is 0 Å². The lowest BCUT2D eigenvalue weighted by Crippen LogP contribution is -2.45. The van der Waals surface area contributed by atoms with Crippen LogP contribution in [0.2, 0.25) is 0 Å². The SMILES string of the molecule is CC.CCOC(=O)C(CCOC)(CCOC)c1ccc(C2(NC(C)=O)CCOC2)cc1. The fraction of sp³-hybridized carbons (Fsp3) is 0.667. The number of hydrogen-bond acceptors (Lipinski definition) is 6. The van der Waals surface area contributed by atoms with Crippen LogP contribution in [0.1, 0.15) is 58.1 Å². The normalized spacial score (nSPS) is 18.1. The molecule has 1 atom stereocenters. The van der Waals surface area contributed by atoms with E-state index in [1.165, 1.54) is 6.92 Å². The lowest BCUT2D eigenvalue weighted by atomic mass is 9.74. The first-order valence-corrected chi connectivity index (χ1v) is 11.1. The van der Waals surface area contributed by atoms with Gasteiger partial charge in [0, 0.05) is 47.4 Å². The van der Waals surface area contributed by atoms with Crippen LogP contribution in [0.3, 0.4) is 0 Å². The average Bonchev–Trinajstić information content (AvgIpc) is 3.25. The summed E-state index contributed by atoms with van der Waals surface area (Å²) in [5.41, 5.74) is 0.431. The van der Waals surface area contributed by atoms with Gasteiger partial charge in [-0.1, -0.05) is 38.1 Å². The summed E-state index contributed by atoms with van der Waals surface area (Å²) < 4.78 is 21.6. The van der Waals surface area contributed by atoms with E-state index in [4.69, 9.17) is 18.9 Å². The van der Waals surface area contributed by atoms with E-state index in [1.54, 1.807) is 21.1 Å². The predicted molar refractivity (Wildman–Crippen MR) is 120 cm³/mol. The van der Waals surface area contributed by atoms with Gasteiger partial charge in [-0.2, -0.15) is 0 Å². The molecule has 2 rings (SSSR count). The summed E-state index contributed by atoms with van der Waals surface area (Å²) in [5.74, 6) is -0.372. The highest BCUT2D eigenvalue weighted by Gasteiger charge is 2.42. The first-order valence-electron chi connectivity index (χ1n) is 11.1. The highest BCUT2D eigenvalue weighted by Crippen LogP contribution is 2.37. The van der Waals surface area contributed by atoms with Gasteiger partial charge in [0.15, 0.2) is 0 Å². The molecule has 7 heteroatoms. The van der Waals surface area contributed by atoms with Gasteiger partial charge in [-0.05, 0) is 30.9 Å². The largest absolute Gasteiger partial charge is 0.465 e. The van der Waals surface area contributed by atoms with E-state index >= 15 is 0 Å². The Morgan fingerprint density at radius 1 is 1.10 bits per heavy atom. The van der Waals surface area contributed by atoms with Crippen LogP contribution in [-0.4, -0.2) is 59.1 Å². The smallest absolute Gasteiger partial charge is 0.316 e. The van der Waals surface area contributed by atoms with Crippen molar-refractivity contribution in [3.8, 4) is 0 Å². The molecule has 1 N–H and O–H groups in total. The van der Waals surface area contributed by atoms with Crippen LogP contribution in [0.15, 0.2) is 24.3 Å². The van der Waals surface area contributed by atoms with Crippen LogP contribution >= 0.6 is 0 Å². The van der Waals surface area contributed by atoms with Gasteiger partial charge < -0.3 is 24.3 Å². The molecule has 0 saturated carbocycles. The fourth-order valence-corrected chi connectivity index (χ4v) is 3.97. The van der Waals surface area contributed by atoms with Crippen molar-refractivity contribution in [3.05, 3.63) is 35.4 Å². The highest BCUT2D eigenvalue weighted by atomic mass is 16.5. The molecule has 0 radical (unpaired) electrons. The standard InChI is InChI=1S/C22H33NO6.C2H6/c1-5-29-20(25)21(10-13-26-3,11-14-27-4)18-6-8-19(9-7-18)22(23-17(2)24)12-15-28-16-22;1-2/h6-9H,5,10-16H2,1-4H3,(H,23,24);1-2H3. The lowest BCUT2D eigenvalue weighted by molar-refractivity contribution is -0.152. The Morgan fingerprint density at radius 2 is 1.68 bits per heavy atom. The van der Waals surface area contributed by atoms with Gasteiger partial charge in [0.05, 0.1) is 24.2 Å². The second-order valence-corrected chi connectivity index (χ2v) is 7.43. The maximum absolute atomic E-state index is 13.0. The van der Waals surface area contributed by atoms with E-state index in [0.29, 0.717) is 52.3 Å². The third-order valence-electron chi connectivity index (χ3n) is 5.56. The van der Waals surface area contributed by atoms with Gasteiger partial charge in [0.1, 0.15) is 0 Å². The Hall–Kier alpha value is -1.96. The maximum Gasteiger partial charge on any atom is 0.316 e. The zero-order chi connectivity index (χ0) is 23.3. The molecule has 0 aromatic heterocycles. The second-order valence-electron chi connectivity index (χ2n) is 7.43. The molecule has 1 amide bonds. The minimum Gasteiger partial charge on any atom is -0.465 e. The van der Waals surface area contributed by atoms with E-state index in [9.17, 15) is 9.59 Å². The van der Waals surface area contributed by atoms with Crippen molar-refractivity contribution in [2.45, 2.75) is 57.9 Å². The summed E-state index contributed by atoms with van der Waals surface area (Å²) in [5, 5.41) is 3.05. The summed E-state index contributed by atoms with van der Waals surface area (Å²) >= 11 is 0. The number of amides is 1. The van der Waals surface area contributed by atoms with Gasteiger partial charge >= 0.3 is 5.97 Å². The summed E-state index contributed by atoms with van der Waals surface area (Å²) in [6, 6.07) is 7.82. The number of benzene rings is 1.